The summed E-state index contributed by atoms with van der Waals surface area (Å²) in [6.45, 7) is 1.20. The van der Waals surface area contributed by atoms with E-state index >= 15 is 0 Å². The van der Waals surface area contributed by atoms with Gasteiger partial charge in [0.2, 0.25) is 0 Å². The predicted octanol–water partition coefficient (Wildman–Crippen LogP) is 4.37. The number of carbonyl (C=O) groups is 1. The molecule has 1 unspecified atom stereocenters. The van der Waals surface area contributed by atoms with Crippen LogP contribution >= 0.6 is 0 Å². The lowest BCUT2D eigenvalue weighted by atomic mass is 9.65. The third-order valence-electron chi connectivity index (χ3n) is 6.40. The molecule has 1 spiro atoms. The molecule has 1 heteroatoms. The van der Waals surface area contributed by atoms with E-state index in [1.165, 1.54) is 0 Å². The van der Waals surface area contributed by atoms with Crippen LogP contribution in [0.2, 0.25) is 0 Å². The molecule has 3 rings (SSSR count). The first kappa shape index (κ1) is 7.26. The molecular formula is C17H26O. The summed E-state index contributed by atoms with van der Waals surface area (Å²) in [5.41, 5.74) is -0.0961. The van der Waals surface area contributed by atoms with E-state index in [-0.39, 0.29) is 27.9 Å². The fourth-order valence-electron chi connectivity index (χ4n) is 5.36. The fraction of sp³-hybridized carbons (Fsp3) is 0.824. The van der Waals surface area contributed by atoms with Crippen molar-refractivity contribution in [2.75, 3.05) is 0 Å². The Hall–Kier alpha value is -0.590. The maximum Gasteiger partial charge on any atom is 0.155 e. The zero-order valence-electron chi connectivity index (χ0n) is 17.5. The summed E-state index contributed by atoms with van der Waals surface area (Å²) in [4.78, 5) is 12.6. The Bertz CT molecular complexity index is 612. The zero-order chi connectivity index (χ0) is 18.3. The van der Waals surface area contributed by atoms with Crippen molar-refractivity contribution in [3.63, 3.8) is 0 Å². The van der Waals surface area contributed by atoms with Crippen LogP contribution < -0.4 is 0 Å². The summed E-state index contributed by atoms with van der Waals surface area (Å²) < 4.78 is 46.5. The highest BCUT2D eigenvalue weighted by Crippen LogP contribution is 2.72. The number of ketones is 1. The molecule has 0 N–H and O–H groups in total. The molecule has 0 amide bonds. The quantitative estimate of drug-likeness (QED) is 0.677. The molecule has 3 aliphatic rings. The molecule has 0 radical (unpaired) electrons. The van der Waals surface area contributed by atoms with Crippen LogP contribution in [0.3, 0.4) is 0 Å². The van der Waals surface area contributed by atoms with Gasteiger partial charge in [-0.2, -0.15) is 0 Å². The van der Waals surface area contributed by atoms with E-state index in [4.69, 9.17) is 8.22 Å². The topological polar surface area (TPSA) is 17.1 Å². The van der Waals surface area contributed by atoms with E-state index in [1.807, 2.05) is 0 Å². The van der Waals surface area contributed by atoms with Crippen molar-refractivity contribution in [3.05, 3.63) is 11.1 Å². The maximum atomic E-state index is 12.6. The third kappa shape index (κ3) is 1.26. The second kappa shape index (κ2) is 3.49. The van der Waals surface area contributed by atoms with E-state index in [0.29, 0.717) is 18.3 Å². The third-order valence-corrected chi connectivity index (χ3v) is 6.40. The molecule has 3 aliphatic carbocycles. The molecule has 4 atom stereocenters. The van der Waals surface area contributed by atoms with Crippen LogP contribution in [0.15, 0.2) is 11.1 Å². The highest BCUT2D eigenvalue weighted by molar-refractivity contribution is 5.94. The van der Waals surface area contributed by atoms with Crippen LogP contribution in [0, 0.1) is 28.6 Å². The first-order valence-electron chi connectivity index (χ1n) is 10.0. The fourth-order valence-corrected chi connectivity index (χ4v) is 5.36. The van der Waals surface area contributed by atoms with Crippen LogP contribution in [0.25, 0.3) is 0 Å². The van der Waals surface area contributed by atoms with Crippen molar-refractivity contribution >= 4 is 5.78 Å². The average molecular weight is 252 g/mol. The summed E-state index contributed by atoms with van der Waals surface area (Å²) in [5, 5.41) is 0. The molecule has 0 aliphatic heterocycles. The standard InChI is InChI=1S/C17H26O/c1-10-6-7-15-16(4,5)14-9-17(10,15)8-13(11(14)2)12(3)18/h10,14-15H,6-9H2,1-5H3/t10?,14-,15+,17-/m1/s1/i2D3,3D3. The van der Waals surface area contributed by atoms with Gasteiger partial charge in [-0.1, -0.05) is 26.3 Å². The van der Waals surface area contributed by atoms with Gasteiger partial charge < -0.3 is 0 Å². The van der Waals surface area contributed by atoms with Gasteiger partial charge >= 0.3 is 0 Å². The van der Waals surface area contributed by atoms with Crippen molar-refractivity contribution in [2.45, 2.75) is 60.2 Å². The van der Waals surface area contributed by atoms with E-state index in [2.05, 4.69) is 20.8 Å². The van der Waals surface area contributed by atoms with Gasteiger partial charge in [-0.05, 0) is 73.5 Å². The van der Waals surface area contributed by atoms with Crippen LogP contribution in [0.1, 0.15) is 68.4 Å². The smallest absolute Gasteiger partial charge is 0.155 e. The summed E-state index contributed by atoms with van der Waals surface area (Å²) in [5.74, 6) is -0.436. The van der Waals surface area contributed by atoms with Gasteiger partial charge in [0.1, 0.15) is 0 Å². The molecule has 0 heterocycles. The minimum absolute atomic E-state index is 0.0931. The Morgan fingerprint density at radius 1 is 1.39 bits per heavy atom. The molecule has 100 valence electrons. The zero-order valence-corrected chi connectivity index (χ0v) is 11.5. The van der Waals surface area contributed by atoms with Crippen LogP contribution in [-0.4, -0.2) is 5.78 Å². The molecule has 0 aromatic carbocycles. The minimum atomic E-state index is -2.78. The van der Waals surface area contributed by atoms with Gasteiger partial charge in [-0.3, -0.25) is 4.79 Å². The monoisotopic (exact) mass is 252 g/mol. The van der Waals surface area contributed by atoms with Crippen molar-refractivity contribution in [2.24, 2.45) is 28.6 Å². The summed E-state index contributed by atoms with van der Waals surface area (Å²) >= 11 is 0. The Morgan fingerprint density at radius 2 is 2.17 bits per heavy atom. The van der Waals surface area contributed by atoms with Gasteiger partial charge in [0.05, 0.1) is 0 Å². The number of carbonyl (C=O) groups excluding carboxylic acids is 1. The average Bonchev–Trinajstić information content (AvgIpc) is 2.79. The van der Waals surface area contributed by atoms with Crippen LogP contribution in [0.5, 0.6) is 0 Å². The second-order valence-corrected chi connectivity index (χ2v) is 7.24. The molecule has 0 saturated heterocycles. The number of hydrogen-bond acceptors (Lipinski definition) is 1. The summed E-state index contributed by atoms with van der Waals surface area (Å²) in [6.07, 6.45) is 3.20. The molecule has 2 saturated carbocycles. The van der Waals surface area contributed by atoms with E-state index in [9.17, 15) is 4.79 Å². The normalized spacial score (nSPS) is 51.6. The van der Waals surface area contributed by atoms with Gasteiger partial charge in [-0.15, -0.1) is 0 Å². The number of hydrogen-bond donors (Lipinski definition) is 0. The van der Waals surface area contributed by atoms with E-state index in [0.717, 1.165) is 19.3 Å². The van der Waals surface area contributed by atoms with Crippen LogP contribution in [-0.2, 0) is 4.79 Å². The molecule has 2 fully saturated rings. The van der Waals surface area contributed by atoms with Crippen molar-refractivity contribution in [1.29, 1.82) is 0 Å². The highest BCUT2D eigenvalue weighted by atomic mass is 16.1. The lowest BCUT2D eigenvalue weighted by molar-refractivity contribution is -0.114. The summed E-state index contributed by atoms with van der Waals surface area (Å²) in [7, 11) is 0. The van der Waals surface area contributed by atoms with Crippen molar-refractivity contribution < 1.29 is 13.0 Å². The first-order valence-corrected chi connectivity index (χ1v) is 7.01. The lowest BCUT2D eigenvalue weighted by Crippen LogP contribution is -2.32. The summed E-state index contributed by atoms with van der Waals surface area (Å²) in [6, 6.07) is 0. The Balaban J connectivity index is 2.23. The Morgan fingerprint density at radius 3 is 2.83 bits per heavy atom. The number of fused-ring (bicyclic) bond motifs is 1. The minimum Gasteiger partial charge on any atom is -0.295 e. The van der Waals surface area contributed by atoms with Crippen LogP contribution in [0.4, 0.5) is 0 Å². The number of allylic oxidation sites excluding steroid dienone is 2. The van der Waals surface area contributed by atoms with E-state index < -0.39 is 19.5 Å². The highest BCUT2D eigenvalue weighted by Gasteiger charge is 2.64. The second-order valence-electron chi connectivity index (χ2n) is 7.24. The number of Topliss-reactive ketones (excluding diaryl/α,β-unsaturated/α-hetero) is 1. The SMILES string of the molecule is [2H]C([2H])([2H])C(=O)C1=C(C([2H])([2H])[2H])[C@H]2C[C@]3(C1)C(C)CC[C@H]3C2(C)C. The Kier molecular flexibility index (Phi) is 1.41. The Labute approximate surface area is 119 Å². The molecule has 1 nitrogen and oxygen atoms in total. The number of rotatable bonds is 1. The van der Waals surface area contributed by atoms with Crippen molar-refractivity contribution in [1.82, 2.24) is 0 Å². The van der Waals surface area contributed by atoms with E-state index in [1.54, 1.807) is 0 Å². The van der Waals surface area contributed by atoms with Crippen molar-refractivity contribution in [3.8, 4) is 0 Å². The first-order chi connectivity index (χ1) is 10.7. The maximum absolute atomic E-state index is 12.6. The molecular weight excluding hydrogens is 220 g/mol. The largest absolute Gasteiger partial charge is 0.295 e. The lowest BCUT2D eigenvalue weighted by Gasteiger charge is -2.38. The molecule has 2 bridgehead atoms. The molecule has 0 aromatic heterocycles. The van der Waals surface area contributed by atoms with Gasteiger partial charge in [0, 0.05) is 8.22 Å². The molecule has 0 aromatic rings. The van der Waals surface area contributed by atoms with Gasteiger partial charge in [-0.25, -0.2) is 0 Å². The van der Waals surface area contributed by atoms with Gasteiger partial charge in [0.25, 0.3) is 0 Å². The molecule has 18 heavy (non-hydrogen) atoms. The van der Waals surface area contributed by atoms with Gasteiger partial charge in [0.15, 0.2) is 5.78 Å². The predicted molar refractivity (Wildman–Crippen MR) is 74.2 cm³/mol.